The van der Waals surface area contributed by atoms with Gasteiger partial charge in [-0.15, -0.1) is 0 Å². The third-order valence-corrected chi connectivity index (χ3v) is 4.87. The molecule has 4 rings (SSSR count). The second kappa shape index (κ2) is 11.8. The van der Waals surface area contributed by atoms with Crippen molar-refractivity contribution in [3.8, 4) is 28.4 Å². The van der Waals surface area contributed by atoms with E-state index in [0.29, 0.717) is 26.4 Å². The van der Waals surface area contributed by atoms with Crippen LogP contribution in [-0.2, 0) is 20.9 Å². The van der Waals surface area contributed by atoms with Crippen LogP contribution in [0.25, 0.3) is 16.9 Å². The lowest BCUT2D eigenvalue weighted by Gasteiger charge is -2.19. The van der Waals surface area contributed by atoms with Crippen molar-refractivity contribution in [3.05, 3.63) is 60.3 Å². The molecule has 0 aliphatic carbocycles. The van der Waals surface area contributed by atoms with E-state index in [1.807, 2.05) is 53.2 Å². The van der Waals surface area contributed by atoms with Gasteiger partial charge in [-0.2, -0.15) is 5.10 Å². The number of aromatic nitrogens is 2. The van der Waals surface area contributed by atoms with Gasteiger partial charge in [0.2, 0.25) is 0 Å². The standard InChI is InChI=1S/C22H25N3O3.C2H2O4/c1-16(15-26-2)23-13-18-14-25(19-6-4-3-5-7-19)24-22(18)17-8-9-20-21(12-17)28-11-10-27-20;3-1(4)2(5)6/h3-9,12,14,16,23H,10-11,13,15H2,1-2H3;(H,3,4)(H,5,6). The maximum absolute atomic E-state index is 9.10. The molecule has 2 aromatic carbocycles. The van der Waals surface area contributed by atoms with Gasteiger partial charge in [0.1, 0.15) is 13.2 Å². The lowest BCUT2D eigenvalue weighted by molar-refractivity contribution is -0.159. The van der Waals surface area contributed by atoms with Gasteiger partial charge in [0.25, 0.3) is 0 Å². The number of methoxy groups -OCH3 is 1. The Morgan fingerprint density at radius 2 is 1.76 bits per heavy atom. The molecule has 3 N–H and O–H groups in total. The smallest absolute Gasteiger partial charge is 0.414 e. The Bertz CT molecular complexity index is 1100. The Morgan fingerprint density at radius 1 is 1.09 bits per heavy atom. The first-order valence-electron chi connectivity index (χ1n) is 10.6. The topological polar surface area (TPSA) is 132 Å². The second-order valence-electron chi connectivity index (χ2n) is 7.49. The number of carbonyl (C=O) groups is 2. The SMILES string of the molecule is COCC(C)NCc1cn(-c2ccccc2)nc1-c1ccc2c(c1)OCCO2.O=C(O)C(=O)O. The van der Waals surface area contributed by atoms with Crippen LogP contribution in [0.1, 0.15) is 12.5 Å². The molecule has 0 spiro atoms. The van der Waals surface area contributed by atoms with Crippen LogP contribution in [0.5, 0.6) is 11.5 Å². The van der Waals surface area contributed by atoms with E-state index in [2.05, 4.69) is 18.4 Å². The van der Waals surface area contributed by atoms with E-state index < -0.39 is 11.9 Å². The average molecular weight is 469 g/mol. The molecule has 1 unspecified atom stereocenters. The summed E-state index contributed by atoms with van der Waals surface area (Å²) in [6.45, 7) is 4.61. The molecular weight excluding hydrogens is 442 g/mol. The molecule has 0 radical (unpaired) electrons. The molecule has 3 aromatic rings. The number of fused-ring (bicyclic) bond motifs is 1. The molecule has 10 nitrogen and oxygen atoms in total. The number of carboxylic acid groups (broad SMARTS) is 2. The highest BCUT2D eigenvalue weighted by molar-refractivity contribution is 6.27. The van der Waals surface area contributed by atoms with Crippen molar-refractivity contribution in [2.24, 2.45) is 0 Å². The van der Waals surface area contributed by atoms with Crippen molar-refractivity contribution in [1.82, 2.24) is 15.1 Å². The van der Waals surface area contributed by atoms with E-state index in [4.69, 9.17) is 39.1 Å². The molecule has 2 heterocycles. The summed E-state index contributed by atoms with van der Waals surface area (Å²) in [5.74, 6) is -2.10. The van der Waals surface area contributed by atoms with Gasteiger partial charge in [-0.3, -0.25) is 0 Å². The van der Waals surface area contributed by atoms with Crippen LogP contribution in [0.3, 0.4) is 0 Å². The fraction of sp³-hybridized carbons (Fsp3) is 0.292. The van der Waals surface area contributed by atoms with Crippen molar-refractivity contribution in [2.75, 3.05) is 26.9 Å². The summed E-state index contributed by atoms with van der Waals surface area (Å²) in [5, 5.41) is 23.2. The molecule has 0 saturated carbocycles. The van der Waals surface area contributed by atoms with Gasteiger partial charge in [-0.1, -0.05) is 18.2 Å². The van der Waals surface area contributed by atoms with E-state index in [1.54, 1.807) is 7.11 Å². The van der Waals surface area contributed by atoms with Crippen LogP contribution >= 0.6 is 0 Å². The monoisotopic (exact) mass is 469 g/mol. The molecule has 0 saturated heterocycles. The van der Waals surface area contributed by atoms with Gasteiger partial charge >= 0.3 is 11.9 Å². The molecule has 1 aromatic heterocycles. The molecule has 0 bridgehead atoms. The second-order valence-corrected chi connectivity index (χ2v) is 7.49. The number of ether oxygens (including phenoxy) is 3. The minimum atomic E-state index is -1.82. The first kappa shape index (κ1) is 24.7. The Kier molecular flexibility index (Phi) is 8.60. The number of carboxylic acids is 2. The van der Waals surface area contributed by atoms with Gasteiger partial charge in [-0.05, 0) is 37.3 Å². The Labute approximate surface area is 196 Å². The van der Waals surface area contributed by atoms with Crippen molar-refractivity contribution in [1.29, 1.82) is 0 Å². The van der Waals surface area contributed by atoms with E-state index in [9.17, 15) is 0 Å². The third kappa shape index (κ3) is 6.56. The van der Waals surface area contributed by atoms with E-state index in [-0.39, 0.29) is 6.04 Å². The minimum Gasteiger partial charge on any atom is -0.486 e. The van der Waals surface area contributed by atoms with Crippen LogP contribution < -0.4 is 14.8 Å². The maximum atomic E-state index is 9.10. The predicted molar refractivity (Wildman–Crippen MR) is 123 cm³/mol. The van der Waals surface area contributed by atoms with Gasteiger partial charge in [0.15, 0.2) is 11.5 Å². The number of para-hydroxylation sites is 1. The molecule has 1 aliphatic heterocycles. The van der Waals surface area contributed by atoms with Gasteiger partial charge in [0.05, 0.1) is 18.0 Å². The normalized spacial score (nSPS) is 12.9. The van der Waals surface area contributed by atoms with Gasteiger partial charge in [0, 0.05) is 37.0 Å². The lowest BCUT2D eigenvalue weighted by Crippen LogP contribution is -2.29. The fourth-order valence-corrected chi connectivity index (χ4v) is 3.28. The molecule has 0 fully saturated rings. The Morgan fingerprint density at radius 3 is 2.41 bits per heavy atom. The first-order chi connectivity index (χ1) is 16.4. The number of benzene rings is 2. The number of rotatable bonds is 7. The minimum absolute atomic E-state index is 0.248. The maximum Gasteiger partial charge on any atom is 0.414 e. The highest BCUT2D eigenvalue weighted by Gasteiger charge is 2.17. The average Bonchev–Trinajstić information content (AvgIpc) is 3.28. The molecule has 10 heteroatoms. The van der Waals surface area contributed by atoms with Crippen molar-refractivity contribution < 1.29 is 34.0 Å². The number of hydrogen-bond donors (Lipinski definition) is 3. The van der Waals surface area contributed by atoms with Gasteiger partial charge in [-0.25, -0.2) is 14.3 Å². The Hall–Kier alpha value is -3.89. The van der Waals surface area contributed by atoms with E-state index in [1.165, 1.54) is 0 Å². The molecule has 180 valence electrons. The van der Waals surface area contributed by atoms with Crippen LogP contribution in [0.15, 0.2) is 54.7 Å². The highest BCUT2D eigenvalue weighted by atomic mass is 16.6. The van der Waals surface area contributed by atoms with Crippen molar-refractivity contribution >= 4 is 11.9 Å². The molecule has 1 aliphatic rings. The Balaban J connectivity index is 0.000000481. The molecule has 34 heavy (non-hydrogen) atoms. The largest absolute Gasteiger partial charge is 0.486 e. The molecule has 1 atom stereocenters. The number of nitrogens with one attached hydrogen (secondary N) is 1. The van der Waals surface area contributed by atoms with Crippen LogP contribution in [0.2, 0.25) is 0 Å². The molecular formula is C24H27N3O7. The first-order valence-corrected chi connectivity index (χ1v) is 10.6. The number of nitrogens with zero attached hydrogens (tertiary/aromatic N) is 2. The van der Waals surface area contributed by atoms with Crippen molar-refractivity contribution in [2.45, 2.75) is 19.5 Å². The summed E-state index contributed by atoms with van der Waals surface area (Å²) in [4.78, 5) is 18.2. The third-order valence-electron chi connectivity index (χ3n) is 4.87. The number of hydrogen-bond acceptors (Lipinski definition) is 7. The summed E-state index contributed by atoms with van der Waals surface area (Å²) in [6.07, 6.45) is 2.08. The van der Waals surface area contributed by atoms with Crippen LogP contribution in [0, 0.1) is 0 Å². The summed E-state index contributed by atoms with van der Waals surface area (Å²) in [6, 6.07) is 16.4. The van der Waals surface area contributed by atoms with Crippen LogP contribution in [0.4, 0.5) is 0 Å². The van der Waals surface area contributed by atoms with E-state index in [0.717, 1.165) is 34.0 Å². The van der Waals surface area contributed by atoms with Crippen molar-refractivity contribution in [3.63, 3.8) is 0 Å². The quantitative estimate of drug-likeness (QED) is 0.447. The van der Waals surface area contributed by atoms with Crippen LogP contribution in [-0.4, -0.2) is 64.9 Å². The zero-order valence-electron chi connectivity index (χ0n) is 18.9. The summed E-state index contributed by atoms with van der Waals surface area (Å²) < 4.78 is 18.6. The summed E-state index contributed by atoms with van der Waals surface area (Å²) >= 11 is 0. The van der Waals surface area contributed by atoms with E-state index >= 15 is 0 Å². The molecule has 0 amide bonds. The summed E-state index contributed by atoms with van der Waals surface area (Å²) in [5.41, 5.74) is 4.08. The fourth-order valence-electron chi connectivity index (χ4n) is 3.28. The lowest BCUT2D eigenvalue weighted by atomic mass is 10.1. The summed E-state index contributed by atoms with van der Waals surface area (Å²) in [7, 11) is 1.71. The number of aliphatic carboxylic acids is 2. The zero-order chi connectivity index (χ0) is 24.5. The zero-order valence-corrected chi connectivity index (χ0v) is 18.9. The van der Waals surface area contributed by atoms with Gasteiger partial charge < -0.3 is 29.7 Å². The highest BCUT2D eigenvalue weighted by Crippen LogP contribution is 2.35. The predicted octanol–water partition coefficient (Wildman–Crippen LogP) is 2.59.